The van der Waals surface area contributed by atoms with E-state index in [1.54, 1.807) is 4.90 Å². The average Bonchev–Trinajstić information content (AvgIpc) is 2.97. The summed E-state index contributed by atoms with van der Waals surface area (Å²) in [5.41, 5.74) is 0. The van der Waals surface area contributed by atoms with Crippen molar-refractivity contribution in [2.45, 2.75) is 38.9 Å². The van der Waals surface area contributed by atoms with E-state index < -0.39 is 0 Å². The predicted molar refractivity (Wildman–Crippen MR) is 70.0 cm³/mol. The number of aryl methyl sites for hydroxylation is 1. The van der Waals surface area contributed by atoms with Gasteiger partial charge in [-0.25, -0.2) is 4.98 Å². The van der Waals surface area contributed by atoms with Crippen LogP contribution in [0.3, 0.4) is 0 Å². The van der Waals surface area contributed by atoms with Crippen LogP contribution in [0.2, 0.25) is 0 Å². The third kappa shape index (κ3) is 2.56. The fourth-order valence-electron chi connectivity index (χ4n) is 2.55. The predicted octanol–water partition coefficient (Wildman–Crippen LogP) is 0.956. The van der Waals surface area contributed by atoms with Crippen LogP contribution in [-0.2, 0) is 17.9 Å². The van der Waals surface area contributed by atoms with Crippen molar-refractivity contribution in [2.75, 3.05) is 20.6 Å². The van der Waals surface area contributed by atoms with Crippen LogP contribution < -0.4 is 0 Å². The summed E-state index contributed by atoms with van der Waals surface area (Å²) in [7, 11) is 3.65. The number of likely N-dealkylation sites (N-methyl/N-ethyl adjacent to an activating group) is 1. The lowest BCUT2D eigenvalue weighted by Crippen LogP contribution is -2.42. The molecule has 1 aromatic rings. The number of amides is 1. The molecular formula is C13H22N4O. The normalized spacial score (nSPS) is 20.3. The first kappa shape index (κ1) is 13.1. The summed E-state index contributed by atoms with van der Waals surface area (Å²) >= 11 is 0. The third-order valence-corrected chi connectivity index (χ3v) is 3.58. The zero-order valence-electron chi connectivity index (χ0n) is 11.5. The van der Waals surface area contributed by atoms with E-state index in [1.165, 1.54) is 0 Å². The number of likely N-dealkylation sites (tertiary alicyclic amines) is 1. The molecule has 18 heavy (non-hydrogen) atoms. The van der Waals surface area contributed by atoms with Gasteiger partial charge in [-0.1, -0.05) is 0 Å². The lowest BCUT2D eigenvalue weighted by Gasteiger charge is -2.25. The summed E-state index contributed by atoms with van der Waals surface area (Å²) in [5, 5.41) is 0. The van der Waals surface area contributed by atoms with E-state index in [4.69, 9.17) is 0 Å². The van der Waals surface area contributed by atoms with Gasteiger partial charge in [-0.05, 0) is 26.3 Å². The first-order valence-corrected chi connectivity index (χ1v) is 6.58. The van der Waals surface area contributed by atoms with E-state index in [2.05, 4.69) is 21.4 Å². The Morgan fingerprint density at radius 1 is 1.56 bits per heavy atom. The van der Waals surface area contributed by atoms with Crippen molar-refractivity contribution < 1.29 is 4.79 Å². The van der Waals surface area contributed by atoms with Gasteiger partial charge in [0.2, 0.25) is 5.91 Å². The minimum atomic E-state index is 0.0296. The number of hydrogen-bond donors (Lipinski definition) is 0. The fraction of sp³-hybridized carbons (Fsp3) is 0.692. The van der Waals surface area contributed by atoms with E-state index in [-0.39, 0.29) is 11.9 Å². The molecule has 0 aromatic carbocycles. The molecule has 2 rings (SSSR count). The minimum Gasteiger partial charge on any atom is -0.347 e. The van der Waals surface area contributed by atoms with Crippen LogP contribution in [-0.4, -0.2) is 51.9 Å². The van der Waals surface area contributed by atoms with Crippen molar-refractivity contribution >= 4 is 5.91 Å². The highest BCUT2D eigenvalue weighted by atomic mass is 16.2. The van der Waals surface area contributed by atoms with E-state index in [1.807, 2.05) is 26.5 Å². The molecule has 100 valence electrons. The fourth-order valence-corrected chi connectivity index (χ4v) is 2.55. The highest BCUT2D eigenvalue weighted by Crippen LogP contribution is 2.20. The number of hydrogen-bond acceptors (Lipinski definition) is 3. The largest absolute Gasteiger partial charge is 0.347 e. The van der Waals surface area contributed by atoms with Crippen LogP contribution in [0.1, 0.15) is 25.6 Å². The monoisotopic (exact) mass is 250 g/mol. The number of aromatic nitrogens is 2. The molecule has 1 aliphatic heterocycles. The van der Waals surface area contributed by atoms with Crippen LogP contribution in [0.15, 0.2) is 12.4 Å². The zero-order valence-corrected chi connectivity index (χ0v) is 11.5. The summed E-state index contributed by atoms with van der Waals surface area (Å²) in [5.74, 6) is 1.26. The summed E-state index contributed by atoms with van der Waals surface area (Å²) in [6.45, 7) is 4.79. The molecule has 1 aromatic heterocycles. The van der Waals surface area contributed by atoms with E-state index >= 15 is 0 Å². The molecule has 1 amide bonds. The molecular weight excluding hydrogens is 228 g/mol. The van der Waals surface area contributed by atoms with Crippen molar-refractivity contribution in [3.63, 3.8) is 0 Å². The lowest BCUT2D eigenvalue weighted by molar-refractivity contribution is -0.133. The highest BCUT2D eigenvalue weighted by Gasteiger charge is 2.32. The Labute approximate surface area is 108 Å². The lowest BCUT2D eigenvalue weighted by atomic mass is 10.2. The SMILES string of the molecule is CCn1ccnc1CN1CCC[C@@H]1C(=O)N(C)C. The molecule has 0 aliphatic carbocycles. The van der Waals surface area contributed by atoms with Crippen LogP contribution in [0.5, 0.6) is 0 Å². The highest BCUT2D eigenvalue weighted by molar-refractivity contribution is 5.81. The molecule has 1 saturated heterocycles. The Bertz CT molecular complexity index is 413. The molecule has 5 heteroatoms. The van der Waals surface area contributed by atoms with Crippen LogP contribution in [0.25, 0.3) is 0 Å². The van der Waals surface area contributed by atoms with Crippen molar-refractivity contribution in [3.05, 3.63) is 18.2 Å². The molecule has 1 atom stereocenters. The van der Waals surface area contributed by atoms with Crippen LogP contribution in [0.4, 0.5) is 0 Å². The van der Waals surface area contributed by atoms with Gasteiger partial charge in [-0.15, -0.1) is 0 Å². The smallest absolute Gasteiger partial charge is 0.239 e. The summed E-state index contributed by atoms with van der Waals surface area (Å²) in [6, 6.07) is 0.0296. The Kier molecular flexibility index (Phi) is 4.01. The van der Waals surface area contributed by atoms with Crippen LogP contribution >= 0.6 is 0 Å². The number of carbonyl (C=O) groups excluding carboxylic acids is 1. The molecule has 2 heterocycles. The molecule has 1 aliphatic rings. The molecule has 0 spiro atoms. The Morgan fingerprint density at radius 3 is 3.00 bits per heavy atom. The zero-order chi connectivity index (χ0) is 13.1. The number of nitrogens with zero attached hydrogens (tertiary/aromatic N) is 4. The second-order valence-electron chi connectivity index (χ2n) is 4.99. The van der Waals surface area contributed by atoms with Gasteiger partial charge in [0.25, 0.3) is 0 Å². The molecule has 5 nitrogen and oxygen atoms in total. The molecule has 0 radical (unpaired) electrons. The van der Waals surface area contributed by atoms with Crippen LogP contribution in [0, 0.1) is 0 Å². The Hall–Kier alpha value is -1.36. The van der Waals surface area contributed by atoms with Crippen molar-refractivity contribution in [1.82, 2.24) is 19.4 Å². The average molecular weight is 250 g/mol. The van der Waals surface area contributed by atoms with Gasteiger partial charge in [0.1, 0.15) is 5.82 Å². The number of imidazole rings is 1. The third-order valence-electron chi connectivity index (χ3n) is 3.58. The van der Waals surface area contributed by atoms with Crippen molar-refractivity contribution in [2.24, 2.45) is 0 Å². The first-order valence-electron chi connectivity index (χ1n) is 6.58. The topological polar surface area (TPSA) is 41.4 Å². The quantitative estimate of drug-likeness (QED) is 0.799. The van der Waals surface area contributed by atoms with Gasteiger partial charge in [-0.2, -0.15) is 0 Å². The van der Waals surface area contributed by atoms with Gasteiger partial charge < -0.3 is 9.47 Å². The second kappa shape index (κ2) is 5.52. The maximum atomic E-state index is 12.1. The van der Waals surface area contributed by atoms with Crippen molar-refractivity contribution in [3.8, 4) is 0 Å². The summed E-state index contributed by atoms with van der Waals surface area (Å²) < 4.78 is 2.13. The van der Waals surface area contributed by atoms with Gasteiger partial charge >= 0.3 is 0 Å². The molecule has 0 bridgehead atoms. The Balaban J connectivity index is 2.06. The minimum absolute atomic E-state index is 0.0296. The summed E-state index contributed by atoms with van der Waals surface area (Å²) in [4.78, 5) is 20.4. The maximum absolute atomic E-state index is 12.1. The van der Waals surface area contributed by atoms with Gasteiger partial charge in [0.15, 0.2) is 0 Å². The van der Waals surface area contributed by atoms with E-state index in [0.29, 0.717) is 0 Å². The Morgan fingerprint density at radius 2 is 2.33 bits per heavy atom. The van der Waals surface area contributed by atoms with Gasteiger partial charge in [-0.3, -0.25) is 9.69 Å². The molecule has 1 fully saturated rings. The standard InChI is InChI=1S/C13H22N4O/c1-4-16-9-7-14-12(16)10-17-8-5-6-11(17)13(18)15(2)3/h7,9,11H,4-6,8,10H2,1-3H3/t11-/m1/s1. The van der Waals surface area contributed by atoms with Crippen molar-refractivity contribution in [1.29, 1.82) is 0 Å². The van der Waals surface area contributed by atoms with E-state index in [9.17, 15) is 4.79 Å². The number of rotatable bonds is 4. The molecule has 0 saturated carbocycles. The van der Waals surface area contributed by atoms with Gasteiger partial charge in [0.05, 0.1) is 12.6 Å². The van der Waals surface area contributed by atoms with Gasteiger partial charge in [0, 0.05) is 33.0 Å². The summed E-state index contributed by atoms with van der Waals surface area (Å²) in [6.07, 6.45) is 5.88. The second-order valence-corrected chi connectivity index (χ2v) is 4.99. The molecule has 0 unspecified atom stereocenters. The number of carbonyl (C=O) groups is 1. The molecule has 0 N–H and O–H groups in total. The van der Waals surface area contributed by atoms with E-state index in [0.717, 1.165) is 38.3 Å². The maximum Gasteiger partial charge on any atom is 0.239 e. The first-order chi connectivity index (χ1) is 8.63.